The predicted molar refractivity (Wildman–Crippen MR) is 113 cm³/mol. The first-order valence-electron chi connectivity index (χ1n) is 9.18. The maximum Gasteiger partial charge on any atom is 0.249 e. The van der Waals surface area contributed by atoms with Gasteiger partial charge >= 0.3 is 0 Å². The molecule has 0 aliphatic heterocycles. The fraction of sp³-hybridized carbons (Fsp3) is 0.0417. The predicted octanol–water partition coefficient (Wildman–Crippen LogP) is 4.71. The Labute approximate surface area is 168 Å². The summed E-state index contributed by atoms with van der Waals surface area (Å²) in [5, 5.41) is 0. The number of rotatable bonds is 5. The number of pyridine rings is 1. The average molecular weight is 381 g/mol. The Morgan fingerprint density at radius 3 is 2.34 bits per heavy atom. The number of hydrogen-bond donors (Lipinski definition) is 2. The van der Waals surface area contributed by atoms with Gasteiger partial charge in [0.25, 0.3) is 0 Å². The van der Waals surface area contributed by atoms with Crippen molar-refractivity contribution >= 4 is 11.7 Å². The van der Waals surface area contributed by atoms with Crippen LogP contribution in [0.4, 0.5) is 0 Å². The maximum absolute atomic E-state index is 12.0. The number of amides is 1. The molecule has 0 aliphatic rings. The summed E-state index contributed by atoms with van der Waals surface area (Å²) in [5.41, 5.74) is 11.8. The van der Waals surface area contributed by atoms with Gasteiger partial charge in [0.1, 0.15) is 0 Å². The van der Waals surface area contributed by atoms with Crippen LogP contribution in [-0.4, -0.2) is 21.7 Å². The van der Waals surface area contributed by atoms with E-state index in [0.29, 0.717) is 11.1 Å². The Morgan fingerprint density at radius 2 is 1.62 bits per heavy atom. The van der Waals surface area contributed by atoms with Crippen molar-refractivity contribution in [1.82, 2.24) is 9.97 Å². The monoisotopic (exact) mass is 381 g/mol. The van der Waals surface area contributed by atoms with E-state index < -0.39 is 5.91 Å². The van der Waals surface area contributed by atoms with Crippen LogP contribution in [-0.2, 0) is 0 Å². The van der Waals surface area contributed by atoms with Crippen molar-refractivity contribution in [3.05, 3.63) is 90.3 Å². The normalized spacial score (nSPS) is 10.7. The molecule has 0 spiro atoms. The summed E-state index contributed by atoms with van der Waals surface area (Å²) in [6.07, 6.45) is 3.45. The summed E-state index contributed by atoms with van der Waals surface area (Å²) in [7, 11) is 0. The van der Waals surface area contributed by atoms with Crippen molar-refractivity contribution in [1.29, 1.82) is 0 Å². The average Bonchev–Trinajstić information content (AvgIpc) is 3.20. The highest BCUT2D eigenvalue weighted by molar-refractivity contribution is 6.02. The zero-order chi connectivity index (χ0) is 20.4. The Hall–Kier alpha value is -3.99. The van der Waals surface area contributed by atoms with E-state index in [1.807, 2.05) is 48.5 Å². The first-order valence-corrected chi connectivity index (χ1v) is 9.18. The van der Waals surface area contributed by atoms with Gasteiger partial charge in [-0.15, -0.1) is 0 Å². The molecule has 0 fully saturated rings. The smallest absolute Gasteiger partial charge is 0.249 e. The van der Waals surface area contributed by atoms with Crippen LogP contribution in [0.2, 0.25) is 0 Å². The Balaban J connectivity index is 1.97. The Morgan fingerprint density at radius 1 is 0.862 bits per heavy atom. The molecule has 0 unspecified atom stereocenters. The molecular weight excluding hydrogens is 362 g/mol. The summed E-state index contributed by atoms with van der Waals surface area (Å²) in [4.78, 5) is 31.4. The number of primary amides is 1. The van der Waals surface area contributed by atoms with E-state index in [0.717, 1.165) is 33.6 Å². The molecule has 0 bridgehead atoms. The third kappa shape index (κ3) is 3.58. The van der Waals surface area contributed by atoms with Crippen LogP contribution in [0.25, 0.3) is 33.6 Å². The molecule has 142 valence electrons. The van der Waals surface area contributed by atoms with Gasteiger partial charge in [-0.1, -0.05) is 36.4 Å². The Bertz CT molecular complexity index is 1210. The lowest BCUT2D eigenvalue weighted by atomic mass is 9.95. The largest absolute Gasteiger partial charge is 0.366 e. The molecule has 2 aromatic carbocycles. The van der Waals surface area contributed by atoms with Crippen LogP contribution in [0, 0.1) is 0 Å². The number of Topliss-reactive ketones (excluding diaryl/α,β-unsaturated/α-hetero) is 1. The molecule has 4 aromatic rings. The number of ketones is 1. The lowest BCUT2D eigenvalue weighted by molar-refractivity contribution is 0.0996. The highest BCUT2D eigenvalue weighted by atomic mass is 16.1. The van der Waals surface area contributed by atoms with Gasteiger partial charge in [0.15, 0.2) is 5.78 Å². The third-order valence-electron chi connectivity index (χ3n) is 4.85. The summed E-state index contributed by atoms with van der Waals surface area (Å²) >= 11 is 0. The van der Waals surface area contributed by atoms with Crippen LogP contribution in [0.3, 0.4) is 0 Å². The number of carbonyl (C=O) groups excluding carboxylic acids is 2. The van der Waals surface area contributed by atoms with Gasteiger partial charge in [-0.05, 0) is 48.4 Å². The molecule has 4 rings (SSSR count). The highest BCUT2D eigenvalue weighted by Crippen LogP contribution is 2.37. The van der Waals surface area contributed by atoms with Gasteiger partial charge < -0.3 is 10.7 Å². The number of hydrogen-bond acceptors (Lipinski definition) is 3. The first kappa shape index (κ1) is 18.4. The third-order valence-corrected chi connectivity index (χ3v) is 4.85. The number of aromatic amines is 1. The fourth-order valence-electron chi connectivity index (χ4n) is 3.41. The molecule has 0 saturated carbocycles. The molecule has 0 saturated heterocycles. The van der Waals surface area contributed by atoms with Gasteiger partial charge in [-0.3, -0.25) is 14.6 Å². The number of carbonyl (C=O) groups is 2. The van der Waals surface area contributed by atoms with Gasteiger partial charge in [0.05, 0.1) is 5.69 Å². The van der Waals surface area contributed by atoms with E-state index >= 15 is 0 Å². The van der Waals surface area contributed by atoms with E-state index in [1.54, 1.807) is 37.5 Å². The van der Waals surface area contributed by atoms with Crippen molar-refractivity contribution in [2.75, 3.05) is 0 Å². The van der Waals surface area contributed by atoms with E-state index in [1.165, 1.54) is 0 Å². The van der Waals surface area contributed by atoms with Crippen LogP contribution in [0.1, 0.15) is 27.6 Å². The van der Waals surface area contributed by atoms with Crippen molar-refractivity contribution in [3.8, 4) is 33.6 Å². The topological polar surface area (TPSA) is 88.8 Å². The van der Waals surface area contributed by atoms with Gasteiger partial charge in [-0.2, -0.15) is 0 Å². The molecule has 2 heterocycles. The second-order valence-electron chi connectivity index (χ2n) is 6.75. The lowest BCUT2D eigenvalue weighted by Crippen LogP contribution is -2.12. The minimum absolute atomic E-state index is 0.00755. The zero-order valence-corrected chi connectivity index (χ0v) is 15.8. The molecule has 5 heteroatoms. The molecule has 0 radical (unpaired) electrons. The number of nitrogens with one attached hydrogen (secondary N) is 1. The van der Waals surface area contributed by atoms with Crippen molar-refractivity contribution < 1.29 is 9.59 Å². The molecule has 0 aliphatic carbocycles. The van der Waals surface area contributed by atoms with Crippen LogP contribution in [0.5, 0.6) is 0 Å². The molecule has 5 nitrogen and oxygen atoms in total. The number of benzene rings is 2. The van der Waals surface area contributed by atoms with Gasteiger partial charge in [-0.25, -0.2) is 0 Å². The molecule has 1 amide bonds. The standard InChI is InChI=1S/C24H19N3O2/c1-15(28)17-5-4-6-18(13-17)23-21(19-7-2-3-8-20(19)24(25)29)14-22(27-23)16-9-11-26-12-10-16/h2-14,27H,1H3,(H2,25,29). The summed E-state index contributed by atoms with van der Waals surface area (Å²) < 4.78 is 0. The maximum atomic E-state index is 12.0. The molecule has 29 heavy (non-hydrogen) atoms. The highest BCUT2D eigenvalue weighted by Gasteiger charge is 2.18. The van der Waals surface area contributed by atoms with Crippen molar-refractivity contribution in [3.63, 3.8) is 0 Å². The van der Waals surface area contributed by atoms with E-state index in [-0.39, 0.29) is 5.78 Å². The van der Waals surface area contributed by atoms with Crippen LogP contribution < -0.4 is 5.73 Å². The second kappa shape index (κ2) is 7.56. The lowest BCUT2D eigenvalue weighted by Gasteiger charge is -2.09. The molecule has 2 aromatic heterocycles. The number of nitrogens with two attached hydrogens (primary N) is 1. The SMILES string of the molecule is CC(=O)c1cccc(-c2[nH]c(-c3ccncc3)cc2-c2ccccc2C(N)=O)c1. The summed E-state index contributed by atoms with van der Waals surface area (Å²) in [6, 6.07) is 20.5. The first-order chi connectivity index (χ1) is 14.0. The zero-order valence-electron chi connectivity index (χ0n) is 15.8. The minimum Gasteiger partial charge on any atom is -0.366 e. The van der Waals surface area contributed by atoms with E-state index in [2.05, 4.69) is 9.97 Å². The summed E-state index contributed by atoms with van der Waals surface area (Å²) in [6.45, 7) is 1.54. The minimum atomic E-state index is -0.490. The van der Waals surface area contributed by atoms with Gasteiger partial charge in [0, 0.05) is 40.3 Å². The van der Waals surface area contributed by atoms with Crippen LogP contribution in [0.15, 0.2) is 79.1 Å². The second-order valence-corrected chi connectivity index (χ2v) is 6.75. The van der Waals surface area contributed by atoms with E-state index in [9.17, 15) is 9.59 Å². The fourth-order valence-corrected chi connectivity index (χ4v) is 3.41. The number of H-pyrrole nitrogens is 1. The number of aromatic nitrogens is 2. The molecule has 3 N–H and O–H groups in total. The summed E-state index contributed by atoms with van der Waals surface area (Å²) in [5.74, 6) is -0.498. The van der Waals surface area contributed by atoms with E-state index in [4.69, 9.17) is 5.73 Å². The molecule has 0 atom stereocenters. The Kier molecular flexibility index (Phi) is 4.79. The number of nitrogens with zero attached hydrogens (tertiary/aromatic N) is 1. The molecular formula is C24H19N3O2. The van der Waals surface area contributed by atoms with Crippen molar-refractivity contribution in [2.24, 2.45) is 5.73 Å². The van der Waals surface area contributed by atoms with Gasteiger partial charge in [0.2, 0.25) is 5.91 Å². The van der Waals surface area contributed by atoms with Crippen LogP contribution >= 0.6 is 0 Å². The quantitative estimate of drug-likeness (QED) is 0.491. The van der Waals surface area contributed by atoms with Crippen molar-refractivity contribution in [2.45, 2.75) is 6.92 Å².